The summed E-state index contributed by atoms with van der Waals surface area (Å²) in [5.41, 5.74) is -3.19. The minimum atomic E-state index is -0.888. The van der Waals surface area contributed by atoms with Gasteiger partial charge in [-0.05, 0) is 13.8 Å². The Labute approximate surface area is 168 Å². The van der Waals surface area contributed by atoms with Crippen molar-refractivity contribution in [2.75, 3.05) is 13.1 Å². The number of amides is 1. The number of rotatable bonds is 6. The number of nitro benzene ring substituents is 3. The van der Waals surface area contributed by atoms with Crippen LogP contribution in [0.2, 0.25) is 0 Å². The molecule has 1 amide bonds. The molecule has 0 fully saturated rings. The average molecular weight is 414 g/mol. The van der Waals surface area contributed by atoms with E-state index in [9.17, 15) is 39.9 Å². The number of benzene rings is 2. The van der Waals surface area contributed by atoms with Crippen molar-refractivity contribution in [1.82, 2.24) is 4.90 Å². The number of hydrogen-bond donors (Lipinski definition) is 0. The maximum absolute atomic E-state index is 13.0. The van der Waals surface area contributed by atoms with Gasteiger partial charge in [-0.3, -0.25) is 39.9 Å². The number of carbonyl (C=O) groups is 2. The van der Waals surface area contributed by atoms with Gasteiger partial charge in [-0.1, -0.05) is 0 Å². The van der Waals surface area contributed by atoms with Gasteiger partial charge in [0.1, 0.15) is 0 Å². The lowest BCUT2D eigenvalue weighted by Gasteiger charge is -2.20. The van der Waals surface area contributed by atoms with Crippen molar-refractivity contribution in [2.24, 2.45) is 0 Å². The number of non-ortho nitro benzene ring substituents is 2. The lowest BCUT2D eigenvalue weighted by atomic mass is 9.96. The molecular formula is C18H14N4O8. The normalized spacial score (nSPS) is 11.6. The fraction of sp³-hybridized carbons (Fsp3) is 0.222. The molecule has 0 N–H and O–H groups in total. The van der Waals surface area contributed by atoms with Gasteiger partial charge in [0.05, 0.1) is 32.0 Å². The standard InChI is InChI=1S/C18H14N4O8/c1-3-19(4-2)18(24)13-7-9(20(25)26)5-11-15(13)16-12(17(11)23)6-10(21(27)28)8-14(16)22(29)30/h5-8H,3-4H2,1-2H3. The van der Waals surface area contributed by atoms with E-state index in [1.54, 1.807) is 13.8 Å². The Morgan fingerprint density at radius 3 is 1.80 bits per heavy atom. The smallest absolute Gasteiger partial charge is 0.284 e. The van der Waals surface area contributed by atoms with Crippen molar-refractivity contribution < 1.29 is 24.4 Å². The molecule has 2 aromatic rings. The average Bonchev–Trinajstić information content (AvgIpc) is 2.99. The van der Waals surface area contributed by atoms with Crippen LogP contribution in [0.15, 0.2) is 24.3 Å². The van der Waals surface area contributed by atoms with Crippen molar-refractivity contribution in [3.63, 3.8) is 0 Å². The molecule has 0 aliphatic heterocycles. The van der Waals surface area contributed by atoms with Crippen LogP contribution in [0.5, 0.6) is 0 Å². The molecule has 0 bridgehead atoms. The number of ketones is 1. The highest BCUT2D eigenvalue weighted by molar-refractivity contribution is 6.26. The van der Waals surface area contributed by atoms with E-state index in [1.165, 1.54) is 4.90 Å². The third-order valence-electron chi connectivity index (χ3n) is 4.86. The van der Waals surface area contributed by atoms with E-state index in [1.807, 2.05) is 0 Å². The van der Waals surface area contributed by atoms with E-state index in [0.717, 1.165) is 18.2 Å². The van der Waals surface area contributed by atoms with E-state index in [2.05, 4.69) is 0 Å². The lowest BCUT2D eigenvalue weighted by Crippen LogP contribution is -2.31. The Hall–Kier alpha value is -4.22. The summed E-state index contributed by atoms with van der Waals surface area (Å²) < 4.78 is 0. The van der Waals surface area contributed by atoms with Crippen molar-refractivity contribution >= 4 is 28.8 Å². The van der Waals surface area contributed by atoms with Gasteiger partial charge < -0.3 is 4.90 Å². The third-order valence-corrected chi connectivity index (χ3v) is 4.86. The van der Waals surface area contributed by atoms with Crippen molar-refractivity contribution in [3.8, 4) is 11.1 Å². The third kappa shape index (κ3) is 3.03. The first-order chi connectivity index (χ1) is 14.1. The molecular weight excluding hydrogens is 400 g/mol. The molecule has 0 saturated carbocycles. The first-order valence-corrected chi connectivity index (χ1v) is 8.75. The maximum atomic E-state index is 13.0. The van der Waals surface area contributed by atoms with E-state index in [4.69, 9.17) is 0 Å². The number of fused-ring (bicyclic) bond motifs is 3. The zero-order chi connectivity index (χ0) is 22.3. The summed E-state index contributed by atoms with van der Waals surface area (Å²) >= 11 is 0. The molecule has 0 heterocycles. The fourth-order valence-electron chi connectivity index (χ4n) is 3.48. The topological polar surface area (TPSA) is 167 Å². The molecule has 0 radical (unpaired) electrons. The largest absolute Gasteiger partial charge is 0.339 e. The SMILES string of the molecule is CCN(CC)C(=O)c1cc([N+](=O)[O-])cc2c1-c1c(cc([N+](=O)[O-])cc1[N+](=O)[O-])C2=O. The zero-order valence-corrected chi connectivity index (χ0v) is 15.8. The molecule has 1 aliphatic rings. The Bertz CT molecular complexity index is 1150. The van der Waals surface area contributed by atoms with Gasteiger partial charge in [0.2, 0.25) is 0 Å². The van der Waals surface area contributed by atoms with Crippen LogP contribution in [0.1, 0.15) is 40.1 Å². The van der Waals surface area contributed by atoms with Gasteiger partial charge in [0.25, 0.3) is 23.0 Å². The van der Waals surface area contributed by atoms with Crippen molar-refractivity contribution in [2.45, 2.75) is 13.8 Å². The Morgan fingerprint density at radius 2 is 1.33 bits per heavy atom. The second kappa shape index (κ2) is 7.31. The summed E-state index contributed by atoms with van der Waals surface area (Å²) in [5.74, 6) is -1.50. The number of nitro groups is 3. The Morgan fingerprint density at radius 1 is 0.833 bits per heavy atom. The molecule has 154 valence electrons. The second-order valence-electron chi connectivity index (χ2n) is 6.38. The molecule has 0 spiro atoms. The first-order valence-electron chi connectivity index (χ1n) is 8.75. The molecule has 0 unspecified atom stereocenters. The highest BCUT2D eigenvalue weighted by Gasteiger charge is 2.40. The van der Waals surface area contributed by atoms with Crippen molar-refractivity contribution in [1.29, 1.82) is 0 Å². The van der Waals surface area contributed by atoms with Crippen LogP contribution in [0.25, 0.3) is 11.1 Å². The molecule has 0 aromatic heterocycles. The summed E-state index contributed by atoms with van der Waals surface area (Å²) in [4.78, 5) is 58.9. The maximum Gasteiger partial charge on any atom is 0.284 e. The van der Waals surface area contributed by atoms with Crippen LogP contribution in [0.4, 0.5) is 17.1 Å². The summed E-state index contributed by atoms with van der Waals surface area (Å²) in [7, 11) is 0. The van der Waals surface area contributed by atoms with Crippen LogP contribution in [0.3, 0.4) is 0 Å². The highest BCUT2D eigenvalue weighted by atomic mass is 16.6. The monoisotopic (exact) mass is 414 g/mol. The summed E-state index contributed by atoms with van der Waals surface area (Å²) in [6.45, 7) is 3.89. The van der Waals surface area contributed by atoms with Gasteiger partial charge in [-0.15, -0.1) is 0 Å². The molecule has 30 heavy (non-hydrogen) atoms. The summed E-state index contributed by atoms with van der Waals surface area (Å²) in [5, 5.41) is 34.1. The second-order valence-corrected chi connectivity index (χ2v) is 6.38. The van der Waals surface area contributed by atoms with Crippen LogP contribution >= 0.6 is 0 Å². The minimum Gasteiger partial charge on any atom is -0.339 e. The molecule has 12 heteroatoms. The van der Waals surface area contributed by atoms with Crippen LogP contribution in [-0.4, -0.2) is 44.4 Å². The number of nitrogens with zero attached hydrogens (tertiary/aromatic N) is 4. The molecule has 12 nitrogen and oxygen atoms in total. The van der Waals surface area contributed by atoms with E-state index in [-0.39, 0.29) is 40.9 Å². The van der Waals surface area contributed by atoms with E-state index >= 15 is 0 Å². The Balaban J connectivity index is 2.44. The molecule has 2 aromatic carbocycles. The van der Waals surface area contributed by atoms with Gasteiger partial charge in [0.15, 0.2) is 5.78 Å². The Kier molecular flexibility index (Phi) is 5.00. The van der Waals surface area contributed by atoms with Gasteiger partial charge in [-0.2, -0.15) is 0 Å². The predicted octanol–water partition coefficient (Wildman–Crippen LogP) is 3.10. The van der Waals surface area contributed by atoms with E-state index < -0.39 is 43.5 Å². The molecule has 0 saturated heterocycles. The fourth-order valence-corrected chi connectivity index (χ4v) is 3.48. The van der Waals surface area contributed by atoms with Crippen LogP contribution in [0, 0.1) is 30.3 Å². The summed E-state index contributed by atoms with van der Waals surface area (Å²) in [6.07, 6.45) is 0. The summed E-state index contributed by atoms with van der Waals surface area (Å²) in [6, 6.07) is 3.47. The molecule has 0 atom stereocenters. The molecule has 1 aliphatic carbocycles. The van der Waals surface area contributed by atoms with E-state index in [0.29, 0.717) is 6.07 Å². The van der Waals surface area contributed by atoms with Gasteiger partial charge in [0, 0.05) is 48.0 Å². The highest BCUT2D eigenvalue weighted by Crippen LogP contribution is 2.47. The first kappa shape index (κ1) is 20.5. The minimum absolute atomic E-state index is 0.126. The lowest BCUT2D eigenvalue weighted by molar-refractivity contribution is -0.393. The van der Waals surface area contributed by atoms with Crippen LogP contribution < -0.4 is 0 Å². The van der Waals surface area contributed by atoms with Gasteiger partial charge >= 0.3 is 0 Å². The van der Waals surface area contributed by atoms with Gasteiger partial charge in [-0.25, -0.2) is 0 Å². The quantitative estimate of drug-likeness (QED) is 0.438. The van der Waals surface area contributed by atoms with Crippen LogP contribution in [-0.2, 0) is 0 Å². The predicted molar refractivity (Wildman–Crippen MR) is 103 cm³/mol. The van der Waals surface area contributed by atoms with Crippen molar-refractivity contribution in [3.05, 3.63) is 71.3 Å². The number of hydrogen-bond acceptors (Lipinski definition) is 8. The molecule has 3 rings (SSSR count). The zero-order valence-electron chi connectivity index (χ0n) is 15.8. The number of carbonyl (C=O) groups excluding carboxylic acids is 2.